The fourth-order valence-electron chi connectivity index (χ4n) is 2.50. The third-order valence-corrected chi connectivity index (χ3v) is 3.76. The first-order chi connectivity index (χ1) is 10.2. The van der Waals surface area contributed by atoms with Gasteiger partial charge < -0.3 is 14.8 Å². The number of hydrogen-bond acceptors (Lipinski definition) is 3. The minimum atomic E-state index is -0.00306. The molecule has 1 N–H and O–H groups in total. The third kappa shape index (κ3) is 5.14. The van der Waals surface area contributed by atoms with Gasteiger partial charge in [-0.3, -0.25) is 4.79 Å². The second-order valence-corrected chi connectivity index (χ2v) is 5.73. The second kappa shape index (κ2) is 8.15. The lowest BCUT2D eigenvalue weighted by Crippen LogP contribution is -2.26. The van der Waals surface area contributed by atoms with E-state index in [4.69, 9.17) is 9.47 Å². The number of ether oxygens (including phenoxy) is 2. The van der Waals surface area contributed by atoms with E-state index in [9.17, 15) is 4.79 Å². The van der Waals surface area contributed by atoms with E-state index >= 15 is 0 Å². The number of benzene rings is 1. The molecule has 1 aromatic carbocycles. The van der Waals surface area contributed by atoms with Crippen molar-refractivity contribution in [2.75, 3.05) is 33.0 Å². The van der Waals surface area contributed by atoms with Crippen LogP contribution >= 0.6 is 0 Å². The summed E-state index contributed by atoms with van der Waals surface area (Å²) in [5.41, 5.74) is 2.95. The van der Waals surface area contributed by atoms with Gasteiger partial charge in [-0.2, -0.15) is 0 Å². The number of hydrogen-bond donors (Lipinski definition) is 1. The molecule has 0 saturated carbocycles. The van der Waals surface area contributed by atoms with Crippen LogP contribution in [-0.2, 0) is 9.47 Å². The van der Waals surface area contributed by atoms with Crippen molar-refractivity contribution in [3.05, 3.63) is 34.9 Å². The van der Waals surface area contributed by atoms with Crippen LogP contribution in [0.25, 0.3) is 0 Å². The monoisotopic (exact) mass is 291 g/mol. The largest absolute Gasteiger partial charge is 0.381 e. The number of amides is 1. The van der Waals surface area contributed by atoms with Crippen LogP contribution in [0, 0.1) is 19.8 Å². The first-order valence-electron chi connectivity index (χ1n) is 7.68. The van der Waals surface area contributed by atoms with Gasteiger partial charge in [0.15, 0.2) is 0 Å². The van der Waals surface area contributed by atoms with E-state index in [2.05, 4.69) is 5.32 Å². The minimum Gasteiger partial charge on any atom is -0.381 e. The lowest BCUT2D eigenvalue weighted by Gasteiger charge is -2.10. The molecular weight excluding hydrogens is 266 g/mol. The van der Waals surface area contributed by atoms with E-state index in [1.807, 2.05) is 32.0 Å². The molecule has 2 rings (SSSR count). The zero-order valence-corrected chi connectivity index (χ0v) is 13.0. The van der Waals surface area contributed by atoms with Gasteiger partial charge >= 0.3 is 0 Å². The Morgan fingerprint density at radius 3 is 3.00 bits per heavy atom. The first-order valence-corrected chi connectivity index (χ1v) is 7.68. The van der Waals surface area contributed by atoms with Crippen molar-refractivity contribution >= 4 is 5.91 Å². The summed E-state index contributed by atoms with van der Waals surface area (Å²) in [5, 5.41) is 2.94. The molecule has 21 heavy (non-hydrogen) atoms. The van der Waals surface area contributed by atoms with E-state index in [0.717, 1.165) is 43.8 Å². The fraction of sp³-hybridized carbons (Fsp3) is 0.588. The minimum absolute atomic E-state index is 0.00306. The molecule has 1 aliphatic heterocycles. The molecule has 0 aromatic heterocycles. The van der Waals surface area contributed by atoms with Gasteiger partial charge in [-0.15, -0.1) is 0 Å². The van der Waals surface area contributed by atoms with Crippen LogP contribution in [0.15, 0.2) is 18.2 Å². The molecule has 0 unspecified atom stereocenters. The van der Waals surface area contributed by atoms with Gasteiger partial charge in [0.2, 0.25) is 0 Å². The van der Waals surface area contributed by atoms with Crippen LogP contribution in [0.1, 0.15) is 34.3 Å². The molecule has 4 nitrogen and oxygen atoms in total. The molecular formula is C17H25NO3. The third-order valence-electron chi connectivity index (χ3n) is 3.76. The van der Waals surface area contributed by atoms with Crippen LogP contribution in [0.3, 0.4) is 0 Å². The molecule has 1 amide bonds. The highest BCUT2D eigenvalue weighted by atomic mass is 16.5. The predicted octanol–water partition coefficient (Wildman–Crippen LogP) is 2.48. The van der Waals surface area contributed by atoms with E-state index in [1.165, 1.54) is 5.56 Å². The normalized spacial score (nSPS) is 17.9. The molecule has 0 bridgehead atoms. The van der Waals surface area contributed by atoms with Crippen molar-refractivity contribution < 1.29 is 14.3 Å². The van der Waals surface area contributed by atoms with E-state index in [-0.39, 0.29) is 5.91 Å². The summed E-state index contributed by atoms with van der Waals surface area (Å²) >= 11 is 0. The Labute approximate surface area is 126 Å². The van der Waals surface area contributed by atoms with Gasteiger partial charge in [-0.05, 0) is 38.3 Å². The highest BCUT2D eigenvalue weighted by molar-refractivity contribution is 5.95. The van der Waals surface area contributed by atoms with Crippen LogP contribution in [0.4, 0.5) is 0 Å². The van der Waals surface area contributed by atoms with Gasteiger partial charge in [0.1, 0.15) is 0 Å². The molecule has 1 saturated heterocycles. The van der Waals surface area contributed by atoms with Gasteiger partial charge in [-0.25, -0.2) is 0 Å². The Balaban J connectivity index is 1.60. The molecule has 1 fully saturated rings. The summed E-state index contributed by atoms with van der Waals surface area (Å²) in [6, 6.07) is 5.88. The molecule has 0 spiro atoms. The lowest BCUT2D eigenvalue weighted by atomic mass is 10.1. The molecule has 1 heterocycles. The number of carbonyl (C=O) groups is 1. The molecule has 1 aliphatic rings. The van der Waals surface area contributed by atoms with Crippen molar-refractivity contribution in [3.8, 4) is 0 Å². The maximum Gasteiger partial charge on any atom is 0.251 e. The zero-order valence-electron chi connectivity index (χ0n) is 13.0. The Bertz CT molecular complexity index is 467. The zero-order chi connectivity index (χ0) is 15.1. The average molecular weight is 291 g/mol. The molecule has 0 radical (unpaired) electrons. The molecule has 116 valence electrons. The molecule has 1 atom stereocenters. The van der Waals surface area contributed by atoms with Crippen molar-refractivity contribution in [3.63, 3.8) is 0 Å². The van der Waals surface area contributed by atoms with Crippen LogP contribution in [-0.4, -0.2) is 38.9 Å². The Morgan fingerprint density at radius 2 is 2.29 bits per heavy atom. The topological polar surface area (TPSA) is 47.6 Å². The molecule has 1 aromatic rings. The number of nitrogens with one attached hydrogen (secondary N) is 1. The van der Waals surface area contributed by atoms with Crippen molar-refractivity contribution in [2.24, 2.45) is 5.92 Å². The van der Waals surface area contributed by atoms with E-state index < -0.39 is 0 Å². The lowest BCUT2D eigenvalue weighted by molar-refractivity contribution is 0.0853. The van der Waals surface area contributed by atoms with Crippen molar-refractivity contribution in [1.29, 1.82) is 0 Å². The number of rotatable bonds is 7. The second-order valence-electron chi connectivity index (χ2n) is 5.73. The first kappa shape index (κ1) is 16.0. The highest BCUT2D eigenvalue weighted by Crippen LogP contribution is 2.12. The van der Waals surface area contributed by atoms with E-state index in [1.54, 1.807) is 0 Å². The maximum absolute atomic E-state index is 12.1. The number of aryl methyl sites for hydroxylation is 2. The highest BCUT2D eigenvalue weighted by Gasteiger charge is 2.15. The molecule has 0 aliphatic carbocycles. The standard InChI is InChI=1S/C17H25NO3/c1-13-4-5-16(14(2)10-13)17(19)18-7-3-8-20-11-15-6-9-21-12-15/h4-5,10,15H,3,6-9,11-12H2,1-2H3,(H,18,19)/t15-/m1/s1. The Hall–Kier alpha value is -1.39. The van der Waals surface area contributed by atoms with Crippen molar-refractivity contribution in [2.45, 2.75) is 26.7 Å². The van der Waals surface area contributed by atoms with Gasteiger partial charge in [0, 0.05) is 31.2 Å². The summed E-state index contributed by atoms with van der Waals surface area (Å²) in [7, 11) is 0. The average Bonchev–Trinajstić information content (AvgIpc) is 2.95. The van der Waals surface area contributed by atoms with E-state index in [0.29, 0.717) is 19.1 Å². The van der Waals surface area contributed by atoms with Crippen LogP contribution < -0.4 is 5.32 Å². The summed E-state index contributed by atoms with van der Waals surface area (Å²) in [4.78, 5) is 12.1. The molecule has 4 heteroatoms. The Kier molecular flexibility index (Phi) is 6.21. The van der Waals surface area contributed by atoms with Gasteiger partial charge in [0.05, 0.1) is 13.2 Å². The maximum atomic E-state index is 12.1. The summed E-state index contributed by atoms with van der Waals surface area (Å²) in [6.07, 6.45) is 1.94. The Morgan fingerprint density at radius 1 is 1.43 bits per heavy atom. The van der Waals surface area contributed by atoms with Gasteiger partial charge in [0.25, 0.3) is 5.91 Å². The predicted molar refractivity (Wildman–Crippen MR) is 82.6 cm³/mol. The summed E-state index contributed by atoms with van der Waals surface area (Å²) in [6.45, 7) is 7.78. The van der Waals surface area contributed by atoms with Crippen molar-refractivity contribution in [1.82, 2.24) is 5.32 Å². The van der Waals surface area contributed by atoms with Crippen LogP contribution in [0.2, 0.25) is 0 Å². The number of carbonyl (C=O) groups excluding carboxylic acids is 1. The summed E-state index contributed by atoms with van der Waals surface area (Å²) < 4.78 is 10.9. The van der Waals surface area contributed by atoms with Gasteiger partial charge in [-0.1, -0.05) is 17.7 Å². The quantitative estimate of drug-likeness (QED) is 0.785. The fourth-order valence-corrected chi connectivity index (χ4v) is 2.50. The summed E-state index contributed by atoms with van der Waals surface area (Å²) in [5.74, 6) is 0.548. The SMILES string of the molecule is Cc1ccc(C(=O)NCCCOC[C@H]2CCOC2)c(C)c1. The smallest absolute Gasteiger partial charge is 0.251 e. The van der Waals surface area contributed by atoms with Crippen LogP contribution in [0.5, 0.6) is 0 Å².